The maximum absolute atomic E-state index is 13.1. The van der Waals surface area contributed by atoms with Crippen molar-refractivity contribution in [1.29, 1.82) is 0 Å². The number of halogens is 2. The Morgan fingerprint density at radius 3 is 2.56 bits per heavy atom. The monoisotopic (exact) mass is 397 g/mol. The van der Waals surface area contributed by atoms with Gasteiger partial charge < -0.3 is 13.9 Å². The lowest BCUT2D eigenvalue weighted by molar-refractivity contribution is -0.118. The summed E-state index contributed by atoms with van der Waals surface area (Å²) in [6, 6.07) is 3.63. The Bertz CT molecular complexity index is 892. The minimum absolute atomic E-state index is 0.0370. The number of hydrogen-bond donors (Lipinski definition) is 1. The second-order valence-electron chi connectivity index (χ2n) is 5.43. The SMILES string of the molecule is CCOC(=O)c1c(NC(=O)COc2ccc(F)c(Cl)c2)oc(C)c1C(C)=O. The molecule has 0 unspecified atom stereocenters. The van der Waals surface area contributed by atoms with E-state index in [2.05, 4.69) is 5.32 Å². The van der Waals surface area contributed by atoms with E-state index in [-0.39, 0.29) is 40.2 Å². The van der Waals surface area contributed by atoms with Crippen molar-refractivity contribution < 1.29 is 32.7 Å². The molecule has 144 valence electrons. The van der Waals surface area contributed by atoms with Crippen molar-refractivity contribution in [3.8, 4) is 5.75 Å². The fourth-order valence-electron chi connectivity index (χ4n) is 2.33. The summed E-state index contributed by atoms with van der Waals surface area (Å²) in [4.78, 5) is 36.1. The third kappa shape index (κ3) is 4.85. The molecule has 2 rings (SSSR count). The van der Waals surface area contributed by atoms with Gasteiger partial charge in [-0.2, -0.15) is 0 Å². The van der Waals surface area contributed by atoms with E-state index in [0.29, 0.717) is 0 Å². The van der Waals surface area contributed by atoms with Gasteiger partial charge >= 0.3 is 5.97 Å². The topological polar surface area (TPSA) is 94.8 Å². The molecule has 0 aliphatic heterocycles. The highest BCUT2D eigenvalue weighted by molar-refractivity contribution is 6.30. The van der Waals surface area contributed by atoms with Crippen LogP contribution in [0.5, 0.6) is 5.75 Å². The number of furan rings is 1. The third-order valence-corrected chi connectivity index (χ3v) is 3.72. The summed E-state index contributed by atoms with van der Waals surface area (Å²) >= 11 is 5.64. The van der Waals surface area contributed by atoms with Crippen molar-refractivity contribution in [2.75, 3.05) is 18.5 Å². The number of aryl methyl sites for hydroxylation is 1. The molecule has 0 fully saturated rings. The van der Waals surface area contributed by atoms with Gasteiger partial charge in [0.1, 0.15) is 22.9 Å². The van der Waals surface area contributed by atoms with Crippen LogP contribution >= 0.6 is 11.6 Å². The predicted molar refractivity (Wildman–Crippen MR) is 94.9 cm³/mol. The van der Waals surface area contributed by atoms with Gasteiger partial charge in [0.25, 0.3) is 5.91 Å². The molecule has 0 bridgehead atoms. The molecule has 0 atom stereocenters. The average molecular weight is 398 g/mol. The molecule has 0 radical (unpaired) electrons. The fourth-order valence-corrected chi connectivity index (χ4v) is 2.50. The Balaban J connectivity index is 2.16. The third-order valence-electron chi connectivity index (χ3n) is 3.43. The zero-order chi connectivity index (χ0) is 20.1. The highest BCUT2D eigenvalue weighted by Gasteiger charge is 2.28. The van der Waals surface area contributed by atoms with Crippen LogP contribution in [0.1, 0.15) is 40.3 Å². The number of Topliss-reactive ketones (excluding diaryl/α,β-unsaturated/α-hetero) is 1. The molecule has 1 amide bonds. The highest BCUT2D eigenvalue weighted by Crippen LogP contribution is 2.28. The first-order valence-electron chi connectivity index (χ1n) is 7.93. The maximum Gasteiger partial charge on any atom is 0.344 e. The van der Waals surface area contributed by atoms with Crippen LogP contribution in [0.4, 0.5) is 10.3 Å². The number of carbonyl (C=O) groups excluding carboxylic acids is 3. The normalized spacial score (nSPS) is 10.4. The molecular formula is C18H17ClFNO6. The number of carbonyl (C=O) groups is 3. The Hall–Kier alpha value is -2.87. The van der Waals surface area contributed by atoms with Gasteiger partial charge in [0, 0.05) is 6.07 Å². The van der Waals surface area contributed by atoms with Crippen LogP contribution in [0.15, 0.2) is 22.6 Å². The van der Waals surface area contributed by atoms with Gasteiger partial charge in [0.05, 0.1) is 17.2 Å². The first kappa shape index (κ1) is 20.4. The zero-order valence-electron chi connectivity index (χ0n) is 14.9. The number of amides is 1. The second kappa shape index (κ2) is 8.68. The van der Waals surface area contributed by atoms with E-state index in [4.69, 9.17) is 25.5 Å². The van der Waals surface area contributed by atoms with Crippen molar-refractivity contribution in [1.82, 2.24) is 0 Å². The van der Waals surface area contributed by atoms with Crippen LogP contribution in [0.3, 0.4) is 0 Å². The lowest BCUT2D eigenvalue weighted by atomic mass is 10.1. The molecule has 0 aliphatic rings. The molecular weight excluding hydrogens is 381 g/mol. The molecule has 1 N–H and O–H groups in total. The van der Waals surface area contributed by atoms with Gasteiger partial charge in [0.15, 0.2) is 12.4 Å². The molecule has 9 heteroatoms. The number of benzene rings is 1. The summed E-state index contributed by atoms with van der Waals surface area (Å²) in [5.74, 6) is -2.32. The van der Waals surface area contributed by atoms with Gasteiger partial charge in [-0.1, -0.05) is 11.6 Å². The summed E-state index contributed by atoms with van der Waals surface area (Å²) < 4.78 is 28.6. The number of ketones is 1. The van der Waals surface area contributed by atoms with Gasteiger partial charge in [0.2, 0.25) is 5.88 Å². The minimum Gasteiger partial charge on any atom is -0.484 e. The largest absolute Gasteiger partial charge is 0.484 e. The number of anilines is 1. The second-order valence-corrected chi connectivity index (χ2v) is 5.83. The quantitative estimate of drug-likeness (QED) is 0.564. The first-order valence-corrected chi connectivity index (χ1v) is 8.31. The Morgan fingerprint density at radius 1 is 1.26 bits per heavy atom. The number of ether oxygens (including phenoxy) is 2. The van der Waals surface area contributed by atoms with E-state index in [0.717, 1.165) is 6.07 Å². The van der Waals surface area contributed by atoms with E-state index in [9.17, 15) is 18.8 Å². The molecule has 1 aromatic heterocycles. The molecule has 1 aromatic carbocycles. The molecule has 27 heavy (non-hydrogen) atoms. The van der Waals surface area contributed by atoms with Crippen LogP contribution in [0.2, 0.25) is 5.02 Å². The molecule has 2 aromatic rings. The van der Waals surface area contributed by atoms with E-state index >= 15 is 0 Å². The summed E-state index contributed by atoms with van der Waals surface area (Å²) in [7, 11) is 0. The molecule has 0 spiro atoms. The van der Waals surface area contributed by atoms with Crippen LogP contribution in [0.25, 0.3) is 0 Å². The van der Waals surface area contributed by atoms with Crippen molar-refractivity contribution in [3.63, 3.8) is 0 Å². The van der Waals surface area contributed by atoms with E-state index in [1.165, 1.54) is 26.0 Å². The molecule has 7 nitrogen and oxygen atoms in total. The average Bonchev–Trinajstić information content (AvgIpc) is 2.92. The number of rotatable bonds is 7. The summed E-state index contributed by atoms with van der Waals surface area (Å²) in [5.41, 5.74) is -0.116. The predicted octanol–water partition coefficient (Wildman–Crippen LogP) is 3.78. The highest BCUT2D eigenvalue weighted by atomic mass is 35.5. The lowest BCUT2D eigenvalue weighted by Gasteiger charge is -2.08. The van der Waals surface area contributed by atoms with Crippen molar-refractivity contribution in [2.24, 2.45) is 0 Å². The van der Waals surface area contributed by atoms with Gasteiger partial charge in [-0.05, 0) is 32.9 Å². The minimum atomic E-state index is -0.791. The molecule has 0 saturated heterocycles. The van der Waals surface area contributed by atoms with Gasteiger partial charge in [-0.25, -0.2) is 9.18 Å². The van der Waals surface area contributed by atoms with Crippen LogP contribution in [-0.2, 0) is 9.53 Å². The lowest BCUT2D eigenvalue weighted by Crippen LogP contribution is -2.21. The van der Waals surface area contributed by atoms with Gasteiger partial charge in [-0.15, -0.1) is 0 Å². The first-order chi connectivity index (χ1) is 12.7. The Kier molecular flexibility index (Phi) is 6.57. The number of hydrogen-bond acceptors (Lipinski definition) is 6. The number of esters is 1. The fraction of sp³-hybridized carbons (Fsp3) is 0.278. The Labute approximate surface area is 159 Å². The molecule has 0 saturated carbocycles. The smallest absolute Gasteiger partial charge is 0.344 e. The molecule has 1 heterocycles. The Morgan fingerprint density at radius 2 is 1.96 bits per heavy atom. The van der Waals surface area contributed by atoms with Crippen molar-refractivity contribution in [2.45, 2.75) is 20.8 Å². The van der Waals surface area contributed by atoms with E-state index < -0.39 is 30.1 Å². The van der Waals surface area contributed by atoms with Crippen LogP contribution in [-0.4, -0.2) is 30.9 Å². The van der Waals surface area contributed by atoms with Crippen LogP contribution < -0.4 is 10.1 Å². The summed E-state index contributed by atoms with van der Waals surface area (Å²) in [6.45, 7) is 4.00. The molecule has 0 aliphatic carbocycles. The standard InChI is InChI=1S/C18H17ClFNO6/c1-4-25-18(24)16-15(9(2)22)10(3)27-17(16)21-14(23)8-26-11-5-6-13(20)12(19)7-11/h5-7H,4,8H2,1-3H3,(H,21,23). The summed E-state index contributed by atoms with van der Waals surface area (Å²) in [6.07, 6.45) is 0. The van der Waals surface area contributed by atoms with Crippen molar-refractivity contribution >= 4 is 35.1 Å². The number of nitrogens with one attached hydrogen (secondary N) is 1. The van der Waals surface area contributed by atoms with Crippen LogP contribution in [0, 0.1) is 12.7 Å². The van der Waals surface area contributed by atoms with E-state index in [1.807, 2.05) is 0 Å². The van der Waals surface area contributed by atoms with Crippen molar-refractivity contribution in [3.05, 3.63) is 45.9 Å². The summed E-state index contributed by atoms with van der Waals surface area (Å²) in [5, 5.41) is 2.22. The van der Waals surface area contributed by atoms with E-state index in [1.54, 1.807) is 6.92 Å². The maximum atomic E-state index is 13.1. The zero-order valence-corrected chi connectivity index (χ0v) is 15.6. The van der Waals surface area contributed by atoms with Gasteiger partial charge in [-0.3, -0.25) is 14.9 Å².